The highest BCUT2D eigenvalue weighted by atomic mass is 32.1. The van der Waals surface area contributed by atoms with Crippen molar-refractivity contribution in [2.75, 3.05) is 16.8 Å². The molecule has 0 spiro atoms. The first-order valence-corrected chi connectivity index (χ1v) is 11.1. The minimum atomic E-state index is -0.742. The Kier molecular flexibility index (Phi) is 6.43. The summed E-state index contributed by atoms with van der Waals surface area (Å²) >= 11 is 1.33. The molecular weight excluding hydrogens is 410 g/mol. The van der Waals surface area contributed by atoms with Crippen LogP contribution in [0.25, 0.3) is 0 Å². The van der Waals surface area contributed by atoms with Crippen molar-refractivity contribution in [1.82, 2.24) is 5.32 Å². The van der Waals surface area contributed by atoms with E-state index < -0.39 is 6.04 Å². The van der Waals surface area contributed by atoms with Gasteiger partial charge in [-0.25, -0.2) is 0 Å². The molecule has 3 aromatic rings. The molecule has 6 nitrogen and oxygen atoms in total. The fourth-order valence-corrected chi connectivity index (χ4v) is 4.23. The zero-order valence-corrected chi connectivity index (χ0v) is 17.7. The molecule has 2 heterocycles. The van der Waals surface area contributed by atoms with Gasteiger partial charge in [-0.05, 0) is 41.6 Å². The van der Waals surface area contributed by atoms with Crippen LogP contribution < -0.4 is 15.5 Å². The van der Waals surface area contributed by atoms with Gasteiger partial charge in [0.15, 0.2) is 0 Å². The lowest BCUT2D eigenvalue weighted by Crippen LogP contribution is -2.45. The van der Waals surface area contributed by atoms with E-state index in [2.05, 4.69) is 10.6 Å². The number of hydrogen-bond acceptors (Lipinski definition) is 4. The molecule has 31 heavy (non-hydrogen) atoms. The average Bonchev–Trinajstić information content (AvgIpc) is 3.46. The van der Waals surface area contributed by atoms with Gasteiger partial charge in [0.2, 0.25) is 11.8 Å². The van der Waals surface area contributed by atoms with Crippen molar-refractivity contribution < 1.29 is 14.4 Å². The summed E-state index contributed by atoms with van der Waals surface area (Å²) in [7, 11) is 0. The number of thiophene rings is 1. The smallest absolute Gasteiger partial charge is 0.262 e. The predicted octanol–water partition coefficient (Wildman–Crippen LogP) is 3.85. The minimum Gasteiger partial charge on any atom is -0.339 e. The molecule has 0 unspecified atom stereocenters. The molecule has 1 aliphatic heterocycles. The molecule has 1 atom stereocenters. The lowest BCUT2D eigenvalue weighted by molar-refractivity contribution is -0.118. The van der Waals surface area contributed by atoms with Crippen molar-refractivity contribution in [3.8, 4) is 0 Å². The number of benzene rings is 2. The fourth-order valence-electron chi connectivity index (χ4n) is 3.60. The third-order valence-corrected chi connectivity index (χ3v) is 6.02. The van der Waals surface area contributed by atoms with Crippen LogP contribution >= 0.6 is 11.3 Å². The van der Waals surface area contributed by atoms with Crippen LogP contribution in [0.1, 0.15) is 28.1 Å². The van der Waals surface area contributed by atoms with Gasteiger partial charge in [0.05, 0.1) is 4.88 Å². The third kappa shape index (κ3) is 5.19. The van der Waals surface area contributed by atoms with Crippen LogP contribution in [-0.4, -0.2) is 30.3 Å². The van der Waals surface area contributed by atoms with Crippen molar-refractivity contribution in [2.24, 2.45) is 0 Å². The number of carbonyl (C=O) groups excluding carboxylic acids is 3. The Balaban J connectivity index is 1.51. The summed E-state index contributed by atoms with van der Waals surface area (Å²) in [6.07, 6.45) is 1.75. The Bertz CT molecular complexity index is 1070. The number of amides is 3. The zero-order chi connectivity index (χ0) is 21.6. The van der Waals surface area contributed by atoms with Crippen molar-refractivity contribution in [1.29, 1.82) is 0 Å². The van der Waals surface area contributed by atoms with E-state index in [1.54, 1.807) is 29.2 Å². The molecule has 7 heteroatoms. The van der Waals surface area contributed by atoms with E-state index in [-0.39, 0.29) is 17.7 Å². The third-order valence-electron chi connectivity index (χ3n) is 5.15. The number of anilines is 2. The van der Waals surface area contributed by atoms with Crippen LogP contribution in [0.2, 0.25) is 0 Å². The van der Waals surface area contributed by atoms with E-state index in [0.717, 1.165) is 17.7 Å². The Morgan fingerprint density at radius 2 is 1.87 bits per heavy atom. The highest BCUT2D eigenvalue weighted by Gasteiger charge is 2.24. The van der Waals surface area contributed by atoms with Crippen LogP contribution in [0.4, 0.5) is 11.4 Å². The minimum absolute atomic E-state index is 0.0913. The molecule has 1 aromatic heterocycles. The van der Waals surface area contributed by atoms with Gasteiger partial charge in [-0.15, -0.1) is 11.3 Å². The van der Waals surface area contributed by atoms with Crippen molar-refractivity contribution in [2.45, 2.75) is 25.3 Å². The molecule has 1 fully saturated rings. The van der Waals surface area contributed by atoms with Crippen LogP contribution in [0.5, 0.6) is 0 Å². The highest BCUT2D eigenvalue weighted by Crippen LogP contribution is 2.24. The second kappa shape index (κ2) is 9.57. The number of carbonyl (C=O) groups is 3. The molecule has 158 valence electrons. The SMILES string of the molecule is O=C(N[C@@H](Cc1ccccc1)C(=O)Nc1cccc(N2CCCC2=O)c1)c1cccs1. The van der Waals surface area contributed by atoms with E-state index in [0.29, 0.717) is 30.0 Å². The molecule has 1 saturated heterocycles. The first kappa shape index (κ1) is 20.8. The van der Waals surface area contributed by atoms with E-state index >= 15 is 0 Å². The quantitative estimate of drug-likeness (QED) is 0.594. The second-order valence-electron chi connectivity index (χ2n) is 7.38. The first-order chi connectivity index (χ1) is 15.1. The Morgan fingerprint density at radius 3 is 2.58 bits per heavy atom. The van der Waals surface area contributed by atoms with Gasteiger partial charge in [-0.2, -0.15) is 0 Å². The van der Waals surface area contributed by atoms with Gasteiger partial charge in [0, 0.05) is 30.8 Å². The molecule has 4 rings (SSSR count). The van der Waals surface area contributed by atoms with Gasteiger partial charge in [-0.3, -0.25) is 14.4 Å². The van der Waals surface area contributed by atoms with Gasteiger partial charge in [-0.1, -0.05) is 42.5 Å². The monoisotopic (exact) mass is 433 g/mol. The molecule has 0 saturated carbocycles. The Hall–Kier alpha value is -3.45. The van der Waals surface area contributed by atoms with Crippen molar-refractivity contribution in [3.05, 3.63) is 82.6 Å². The number of rotatable bonds is 7. The topological polar surface area (TPSA) is 78.5 Å². The number of hydrogen-bond donors (Lipinski definition) is 2. The average molecular weight is 434 g/mol. The summed E-state index contributed by atoms with van der Waals surface area (Å²) in [6, 6.07) is 19.6. The molecular formula is C24H23N3O3S. The molecule has 2 N–H and O–H groups in total. The maximum absolute atomic E-state index is 13.1. The standard InChI is InChI=1S/C24H23N3O3S/c28-22-12-5-13-27(22)19-10-4-9-18(16-19)25-23(29)20(15-17-7-2-1-3-8-17)26-24(30)21-11-6-14-31-21/h1-4,6-11,14,16,20H,5,12-13,15H2,(H,25,29)(H,26,30)/t20-/m0/s1. The van der Waals surface area contributed by atoms with Gasteiger partial charge in [0.1, 0.15) is 6.04 Å². The van der Waals surface area contributed by atoms with Crippen LogP contribution in [0, 0.1) is 0 Å². The van der Waals surface area contributed by atoms with Gasteiger partial charge in [0.25, 0.3) is 5.91 Å². The van der Waals surface area contributed by atoms with E-state index in [1.807, 2.05) is 47.8 Å². The first-order valence-electron chi connectivity index (χ1n) is 10.2. The van der Waals surface area contributed by atoms with E-state index in [1.165, 1.54) is 11.3 Å². The number of nitrogens with zero attached hydrogens (tertiary/aromatic N) is 1. The summed E-state index contributed by atoms with van der Waals surface area (Å²) < 4.78 is 0. The lowest BCUT2D eigenvalue weighted by Gasteiger charge is -2.20. The molecule has 3 amide bonds. The molecule has 0 aliphatic carbocycles. The maximum atomic E-state index is 13.1. The zero-order valence-electron chi connectivity index (χ0n) is 16.9. The maximum Gasteiger partial charge on any atom is 0.262 e. The van der Waals surface area contributed by atoms with Gasteiger partial charge >= 0.3 is 0 Å². The van der Waals surface area contributed by atoms with Gasteiger partial charge < -0.3 is 15.5 Å². The van der Waals surface area contributed by atoms with Crippen LogP contribution in [0.15, 0.2) is 72.1 Å². The Morgan fingerprint density at radius 1 is 1.03 bits per heavy atom. The normalized spacial score (nSPS) is 14.3. The molecule has 1 aliphatic rings. The molecule has 0 bridgehead atoms. The number of nitrogens with one attached hydrogen (secondary N) is 2. The Labute approximate surface area is 184 Å². The van der Waals surface area contributed by atoms with Crippen LogP contribution in [0.3, 0.4) is 0 Å². The summed E-state index contributed by atoms with van der Waals surface area (Å²) in [5, 5.41) is 7.59. The van der Waals surface area contributed by atoms with Crippen molar-refractivity contribution in [3.63, 3.8) is 0 Å². The summed E-state index contributed by atoms with van der Waals surface area (Å²) in [5.74, 6) is -0.491. The summed E-state index contributed by atoms with van der Waals surface area (Å²) in [5.41, 5.74) is 2.30. The molecule has 0 radical (unpaired) electrons. The molecule has 2 aromatic carbocycles. The second-order valence-corrected chi connectivity index (χ2v) is 8.33. The van der Waals surface area contributed by atoms with E-state index in [9.17, 15) is 14.4 Å². The van der Waals surface area contributed by atoms with E-state index in [4.69, 9.17) is 0 Å². The fraction of sp³-hybridized carbons (Fsp3) is 0.208. The lowest BCUT2D eigenvalue weighted by atomic mass is 10.0. The summed E-state index contributed by atoms with van der Waals surface area (Å²) in [6.45, 7) is 0.684. The predicted molar refractivity (Wildman–Crippen MR) is 122 cm³/mol. The van der Waals surface area contributed by atoms with Crippen molar-refractivity contribution >= 4 is 40.4 Å². The summed E-state index contributed by atoms with van der Waals surface area (Å²) in [4.78, 5) is 40.1. The largest absolute Gasteiger partial charge is 0.339 e. The van der Waals surface area contributed by atoms with Crippen LogP contribution in [-0.2, 0) is 16.0 Å². The highest BCUT2D eigenvalue weighted by molar-refractivity contribution is 7.12.